The maximum absolute atomic E-state index is 12.9. The molecule has 5 nitrogen and oxygen atoms in total. The van der Waals surface area contributed by atoms with E-state index in [1.807, 2.05) is 22.3 Å². The number of aromatic amines is 1. The molecular formula is C24H24N2O3S. The topological polar surface area (TPSA) is 62.4 Å². The Morgan fingerprint density at radius 2 is 1.90 bits per heavy atom. The number of ether oxygens (including phenoxy) is 1. The Bertz CT molecular complexity index is 1140. The number of rotatable bonds is 2. The van der Waals surface area contributed by atoms with Gasteiger partial charge in [-0.05, 0) is 49.4 Å². The SMILES string of the molecule is Cc1cc(C(=O)N2CCC3(CC2)OCCc2cc(-c4ccccc4)sc23)cc(=O)[nH]1. The van der Waals surface area contributed by atoms with E-state index in [1.54, 1.807) is 13.0 Å². The van der Waals surface area contributed by atoms with Crippen molar-refractivity contribution in [3.05, 3.63) is 80.6 Å². The van der Waals surface area contributed by atoms with E-state index in [2.05, 4.69) is 35.3 Å². The van der Waals surface area contributed by atoms with Crippen molar-refractivity contribution < 1.29 is 9.53 Å². The third-order valence-corrected chi connectivity index (χ3v) is 7.53. The van der Waals surface area contributed by atoms with Gasteiger partial charge in [0.2, 0.25) is 5.56 Å². The van der Waals surface area contributed by atoms with Crippen molar-refractivity contribution >= 4 is 17.2 Å². The smallest absolute Gasteiger partial charge is 0.254 e. The zero-order valence-electron chi connectivity index (χ0n) is 16.9. The highest BCUT2D eigenvalue weighted by Crippen LogP contribution is 2.47. The summed E-state index contributed by atoms with van der Waals surface area (Å²) in [5.41, 5.74) is 3.25. The summed E-state index contributed by atoms with van der Waals surface area (Å²) in [4.78, 5) is 31.9. The van der Waals surface area contributed by atoms with Crippen LogP contribution >= 0.6 is 11.3 Å². The van der Waals surface area contributed by atoms with Crippen LogP contribution in [-0.4, -0.2) is 35.5 Å². The number of nitrogens with zero attached hydrogens (tertiary/aromatic N) is 1. The maximum atomic E-state index is 12.9. The van der Waals surface area contributed by atoms with Crippen LogP contribution in [-0.2, 0) is 16.8 Å². The van der Waals surface area contributed by atoms with Crippen LogP contribution in [0.25, 0.3) is 10.4 Å². The van der Waals surface area contributed by atoms with Crippen molar-refractivity contribution in [2.75, 3.05) is 19.7 Å². The molecule has 1 spiro atoms. The second-order valence-electron chi connectivity index (χ2n) is 8.13. The van der Waals surface area contributed by atoms with Gasteiger partial charge in [0.05, 0.1) is 6.61 Å². The lowest BCUT2D eigenvalue weighted by molar-refractivity contribution is -0.0906. The summed E-state index contributed by atoms with van der Waals surface area (Å²) in [6.45, 7) is 3.77. The lowest BCUT2D eigenvalue weighted by Gasteiger charge is -2.43. The van der Waals surface area contributed by atoms with Crippen LogP contribution in [0.2, 0.25) is 0 Å². The number of carbonyl (C=O) groups is 1. The summed E-state index contributed by atoms with van der Waals surface area (Å²) in [6, 6.07) is 15.9. The molecule has 1 fully saturated rings. The van der Waals surface area contributed by atoms with Gasteiger partial charge in [-0.2, -0.15) is 0 Å². The number of piperidine rings is 1. The molecule has 0 unspecified atom stereocenters. The normalized spacial score (nSPS) is 17.7. The van der Waals surface area contributed by atoms with Gasteiger partial charge >= 0.3 is 0 Å². The number of nitrogens with one attached hydrogen (secondary N) is 1. The predicted octanol–water partition coefficient (Wildman–Crippen LogP) is 4.12. The number of carbonyl (C=O) groups excluding carboxylic acids is 1. The molecule has 30 heavy (non-hydrogen) atoms. The quantitative estimate of drug-likeness (QED) is 0.679. The molecule has 0 atom stereocenters. The highest BCUT2D eigenvalue weighted by molar-refractivity contribution is 7.15. The van der Waals surface area contributed by atoms with E-state index >= 15 is 0 Å². The summed E-state index contributed by atoms with van der Waals surface area (Å²) in [5.74, 6) is -0.0776. The van der Waals surface area contributed by atoms with Gasteiger partial charge in [0, 0.05) is 40.2 Å². The molecule has 1 aromatic carbocycles. The third kappa shape index (κ3) is 3.40. The molecule has 0 aliphatic carbocycles. The van der Waals surface area contributed by atoms with Crippen molar-refractivity contribution in [1.29, 1.82) is 0 Å². The van der Waals surface area contributed by atoms with Crippen molar-refractivity contribution in [2.24, 2.45) is 0 Å². The Hall–Kier alpha value is -2.70. The number of thiophene rings is 1. The first-order chi connectivity index (χ1) is 14.5. The van der Waals surface area contributed by atoms with Crippen LogP contribution in [0, 0.1) is 6.92 Å². The van der Waals surface area contributed by atoms with Gasteiger partial charge in [-0.15, -0.1) is 11.3 Å². The van der Waals surface area contributed by atoms with Gasteiger partial charge in [-0.3, -0.25) is 9.59 Å². The minimum Gasteiger partial charge on any atom is -0.369 e. The van der Waals surface area contributed by atoms with Crippen molar-refractivity contribution in [3.8, 4) is 10.4 Å². The molecule has 1 saturated heterocycles. The first-order valence-electron chi connectivity index (χ1n) is 10.4. The summed E-state index contributed by atoms with van der Waals surface area (Å²) in [6.07, 6.45) is 2.50. The number of likely N-dealkylation sites (tertiary alicyclic amines) is 1. The third-order valence-electron chi connectivity index (χ3n) is 6.12. The lowest BCUT2D eigenvalue weighted by atomic mass is 9.85. The Kier molecular flexibility index (Phi) is 4.83. The minimum absolute atomic E-state index is 0.0776. The fourth-order valence-electron chi connectivity index (χ4n) is 4.60. The average Bonchev–Trinajstić information content (AvgIpc) is 3.20. The number of fused-ring (bicyclic) bond motifs is 2. The van der Waals surface area contributed by atoms with Crippen molar-refractivity contribution in [2.45, 2.75) is 31.8 Å². The zero-order chi connectivity index (χ0) is 20.7. The molecular weight excluding hydrogens is 396 g/mol. The number of H-pyrrole nitrogens is 1. The average molecular weight is 421 g/mol. The van der Waals surface area contributed by atoms with Gasteiger partial charge < -0.3 is 14.6 Å². The maximum Gasteiger partial charge on any atom is 0.254 e. The molecule has 2 aromatic heterocycles. The molecule has 0 saturated carbocycles. The molecule has 3 aromatic rings. The van der Waals surface area contributed by atoms with Crippen molar-refractivity contribution in [3.63, 3.8) is 0 Å². The van der Waals surface area contributed by atoms with Crippen LogP contribution in [0.4, 0.5) is 0 Å². The highest BCUT2D eigenvalue weighted by Gasteiger charge is 2.43. The molecule has 0 bridgehead atoms. The molecule has 4 heterocycles. The monoisotopic (exact) mass is 420 g/mol. The first-order valence-corrected chi connectivity index (χ1v) is 11.2. The van der Waals surface area contributed by atoms with Crippen molar-refractivity contribution in [1.82, 2.24) is 9.88 Å². The standard InChI is InChI=1S/C24H24N2O3S/c1-16-13-19(15-21(27)25-16)23(28)26-10-8-24(9-11-26)22-18(7-12-29-24)14-20(30-22)17-5-3-2-4-6-17/h2-6,13-15H,7-12H2,1H3,(H,25,27). The number of hydrogen-bond donors (Lipinski definition) is 1. The van der Waals surface area contributed by atoms with Crippen LogP contribution in [0.3, 0.4) is 0 Å². The van der Waals surface area contributed by atoms with Crippen LogP contribution in [0.5, 0.6) is 0 Å². The van der Waals surface area contributed by atoms with E-state index in [-0.39, 0.29) is 17.1 Å². The number of aryl methyl sites for hydroxylation is 1. The number of aromatic nitrogens is 1. The molecule has 5 rings (SSSR count). The van der Waals surface area contributed by atoms with E-state index in [1.165, 1.54) is 26.9 Å². The van der Waals surface area contributed by atoms with E-state index < -0.39 is 0 Å². The summed E-state index contributed by atoms with van der Waals surface area (Å²) >= 11 is 1.83. The summed E-state index contributed by atoms with van der Waals surface area (Å²) < 4.78 is 6.37. The van der Waals surface area contributed by atoms with Gasteiger partial charge in [0.25, 0.3) is 5.91 Å². The Morgan fingerprint density at radius 1 is 1.13 bits per heavy atom. The second-order valence-corrected chi connectivity index (χ2v) is 9.18. The molecule has 6 heteroatoms. The number of hydrogen-bond acceptors (Lipinski definition) is 4. The van der Waals surface area contributed by atoms with E-state index in [0.717, 1.165) is 25.9 Å². The number of benzene rings is 1. The summed E-state index contributed by atoms with van der Waals surface area (Å²) in [5, 5.41) is 0. The number of amides is 1. The minimum atomic E-state index is -0.299. The summed E-state index contributed by atoms with van der Waals surface area (Å²) in [7, 11) is 0. The molecule has 0 radical (unpaired) electrons. The molecule has 2 aliphatic heterocycles. The van der Waals surface area contributed by atoms with Gasteiger partial charge in [0.15, 0.2) is 0 Å². The predicted molar refractivity (Wildman–Crippen MR) is 118 cm³/mol. The molecule has 2 aliphatic rings. The molecule has 1 amide bonds. The molecule has 154 valence electrons. The lowest BCUT2D eigenvalue weighted by Crippen LogP contribution is -2.48. The van der Waals surface area contributed by atoms with Crippen LogP contribution < -0.4 is 5.56 Å². The van der Waals surface area contributed by atoms with Gasteiger partial charge in [0.1, 0.15) is 5.60 Å². The zero-order valence-corrected chi connectivity index (χ0v) is 17.8. The van der Waals surface area contributed by atoms with E-state index in [0.29, 0.717) is 24.3 Å². The van der Waals surface area contributed by atoms with Crippen LogP contribution in [0.15, 0.2) is 53.3 Å². The van der Waals surface area contributed by atoms with Gasteiger partial charge in [-0.1, -0.05) is 30.3 Å². The largest absolute Gasteiger partial charge is 0.369 e. The van der Waals surface area contributed by atoms with E-state index in [4.69, 9.17) is 4.74 Å². The fourth-order valence-corrected chi connectivity index (χ4v) is 6.01. The Balaban J connectivity index is 1.38. The first kappa shape index (κ1) is 19.3. The Morgan fingerprint density at radius 3 is 2.63 bits per heavy atom. The van der Waals surface area contributed by atoms with Gasteiger partial charge in [-0.25, -0.2) is 0 Å². The Labute approximate surface area is 179 Å². The second kappa shape index (κ2) is 7.52. The number of pyridine rings is 1. The fraction of sp³-hybridized carbons (Fsp3) is 0.333. The van der Waals surface area contributed by atoms with E-state index in [9.17, 15) is 9.59 Å². The van der Waals surface area contributed by atoms with Crippen LogP contribution in [0.1, 0.15) is 39.3 Å². The highest BCUT2D eigenvalue weighted by atomic mass is 32.1. The molecule has 1 N–H and O–H groups in total.